The Kier molecular flexibility index (Phi) is 5.22. The number of aromatic nitrogens is 1. The summed E-state index contributed by atoms with van der Waals surface area (Å²) in [5, 5.41) is 0. The Bertz CT molecular complexity index is 1130. The Labute approximate surface area is 186 Å². The fourth-order valence-electron chi connectivity index (χ4n) is 5.51. The zero-order chi connectivity index (χ0) is 22.3. The number of halogens is 2. The van der Waals surface area contributed by atoms with Crippen molar-refractivity contribution in [2.45, 2.75) is 43.8 Å². The maximum absolute atomic E-state index is 14.7. The average molecular weight is 437 g/mol. The van der Waals surface area contributed by atoms with Crippen LogP contribution < -0.4 is 5.48 Å². The topological polar surface area (TPSA) is 43.4 Å². The first-order valence-corrected chi connectivity index (χ1v) is 10.9. The van der Waals surface area contributed by atoms with Gasteiger partial charge in [0, 0.05) is 35.4 Å². The van der Waals surface area contributed by atoms with Crippen LogP contribution in [0.5, 0.6) is 0 Å². The van der Waals surface area contributed by atoms with Crippen LogP contribution in [0.3, 0.4) is 0 Å². The van der Waals surface area contributed by atoms with E-state index in [0.29, 0.717) is 12.3 Å². The quantitative estimate of drug-likeness (QED) is 0.474. The Morgan fingerprint density at radius 3 is 2.44 bits per heavy atom. The number of nitrogens with one attached hydrogen (secondary N) is 1. The predicted octanol–water partition coefficient (Wildman–Crippen LogP) is 6.11. The highest BCUT2D eigenvalue weighted by atomic mass is 19.1. The first kappa shape index (κ1) is 21.0. The summed E-state index contributed by atoms with van der Waals surface area (Å²) in [7, 11) is 0. The molecule has 3 aromatic rings. The maximum Gasteiger partial charge on any atom is 0.133 e. The number of ether oxygens (including phenoxy) is 1. The number of fused-ring (bicyclic) bond motifs is 2. The second-order valence-electron chi connectivity index (χ2n) is 9.18. The number of rotatable bonds is 6. The highest BCUT2D eigenvalue weighted by molar-refractivity contribution is 5.67. The Hall–Kier alpha value is -2.83. The lowest BCUT2D eigenvalue weighted by Crippen LogP contribution is -2.40. The molecule has 4 atom stereocenters. The number of hydrogen-bond acceptors (Lipinski definition) is 4. The number of anilines is 1. The van der Waals surface area contributed by atoms with Crippen molar-refractivity contribution in [3.8, 4) is 11.1 Å². The lowest BCUT2D eigenvalue weighted by atomic mass is 9.65. The average Bonchev–Trinajstić information content (AvgIpc) is 3.21. The smallest absolute Gasteiger partial charge is 0.133 e. The summed E-state index contributed by atoms with van der Waals surface area (Å²) in [6, 6.07) is 14.8. The molecule has 0 unspecified atom stereocenters. The standard InChI is InChI=1S/C26H26F2N2O2/c1-25-11-12-26(2,32-25)24(17-9-13-29-14-10-17)21(25)16-31-30-18-7-8-20(23(28)15-18)19-5-3-4-6-22(19)27/h3-10,13-15,21,24,30H,11-12,16H2,1-2H3/t21-,24+,25-,26+/m1/s1. The van der Waals surface area contributed by atoms with Gasteiger partial charge in [0.25, 0.3) is 0 Å². The second-order valence-corrected chi connectivity index (χ2v) is 9.18. The molecule has 32 heavy (non-hydrogen) atoms. The molecular formula is C26H26F2N2O2. The van der Waals surface area contributed by atoms with Crippen molar-refractivity contribution in [2.75, 3.05) is 12.1 Å². The van der Waals surface area contributed by atoms with Crippen LogP contribution in [0.4, 0.5) is 14.5 Å². The van der Waals surface area contributed by atoms with Crippen LogP contribution in [0.15, 0.2) is 67.0 Å². The molecule has 4 nitrogen and oxygen atoms in total. The molecule has 1 aromatic heterocycles. The molecule has 0 saturated carbocycles. The highest BCUT2D eigenvalue weighted by Gasteiger charge is 2.63. The third-order valence-corrected chi connectivity index (χ3v) is 7.08. The first-order chi connectivity index (χ1) is 15.4. The van der Waals surface area contributed by atoms with Gasteiger partial charge in [0.15, 0.2) is 0 Å². The largest absolute Gasteiger partial charge is 0.368 e. The van der Waals surface area contributed by atoms with Gasteiger partial charge in [0.1, 0.15) is 11.6 Å². The van der Waals surface area contributed by atoms with Gasteiger partial charge in [-0.1, -0.05) is 18.2 Å². The molecule has 2 fully saturated rings. The molecular weight excluding hydrogens is 410 g/mol. The van der Waals surface area contributed by atoms with E-state index in [1.54, 1.807) is 30.3 Å². The third kappa shape index (κ3) is 3.57. The minimum absolute atomic E-state index is 0.138. The van der Waals surface area contributed by atoms with E-state index in [9.17, 15) is 8.78 Å². The molecule has 166 valence electrons. The lowest BCUT2D eigenvalue weighted by Gasteiger charge is -2.36. The van der Waals surface area contributed by atoms with Gasteiger partial charge >= 0.3 is 0 Å². The Morgan fingerprint density at radius 2 is 1.69 bits per heavy atom. The molecule has 0 spiro atoms. The van der Waals surface area contributed by atoms with E-state index in [2.05, 4.69) is 24.3 Å². The zero-order valence-electron chi connectivity index (χ0n) is 18.1. The molecule has 5 rings (SSSR count). The van der Waals surface area contributed by atoms with E-state index in [-0.39, 0.29) is 34.2 Å². The zero-order valence-corrected chi connectivity index (χ0v) is 18.1. The number of benzene rings is 2. The predicted molar refractivity (Wildman–Crippen MR) is 119 cm³/mol. The van der Waals surface area contributed by atoms with E-state index >= 15 is 0 Å². The molecule has 2 bridgehead atoms. The second kappa shape index (κ2) is 7.94. The summed E-state index contributed by atoms with van der Waals surface area (Å²) in [4.78, 5) is 10.0. The van der Waals surface area contributed by atoms with Crippen LogP contribution >= 0.6 is 0 Å². The molecule has 0 aliphatic carbocycles. The van der Waals surface area contributed by atoms with Crippen LogP contribution in [0, 0.1) is 17.6 Å². The minimum atomic E-state index is -0.513. The van der Waals surface area contributed by atoms with Crippen LogP contribution in [0.2, 0.25) is 0 Å². The highest BCUT2D eigenvalue weighted by Crippen LogP contribution is 2.61. The van der Waals surface area contributed by atoms with Gasteiger partial charge in [-0.25, -0.2) is 8.78 Å². The molecule has 2 saturated heterocycles. The van der Waals surface area contributed by atoms with Gasteiger partial charge in [-0.15, -0.1) is 0 Å². The summed E-state index contributed by atoms with van der Waals surface area (Å²) < 4.78 is 35.2. The molecule has 1 N–H and O–H groups in total. The van der Waals surface area contributed by atoms with E-state index in [1.165, 1.54) is 17.7 Å². The molecule has 0 radical (unpaired) electrons. The fraction of sp³-hybridized carbons (Fsp3) is 0.346. The summed E-state index contributed by atoms with van der Waals surface area (Å²) in [6.45, 7) is 4.74. The van der Waals surface area contributed by atoms with Crippen molar-refractivity contribution < 1.29 is 18.4 Å². The molecule has 2 aliphatic heterocycles. The van der Waals surface area contributed by atoms with Crippen molar-refractivity contribution >= 4 is 5.69 Å². The van der Waals surface area contributed by atoms with Crippen LogP contribution in [-0.4, -0.2) is 22.8 Å². The third-order valence-electron chi connectivity index (χ3n) is 7.08. The van der Waals surface area contributed by atoms with Crippen LogP contribution in [0.25, 0.3) is 11.1 Å². The molecule has 6 heteroatoms. The number of nitrogens with zero attached hydrogens (tertiary/aromatic N) is 1. The van der Waals surface area contributed by atoms with Crippen molar-refractivity contribution in [1.82, 2.24) is 4.98 Å². The molecule has 0 amide bonds. The normalized spacial score (nSPS) is 28.8. The lowest BCUT2D eigenvalue weighted by molar-refractivity contribution is -0.0466. The molecule has 3 heterocycles. The monoisotopic (exact) mass is 436 g/mol. The van der Waals surface area contributed by atoms with Crippen molar-refractivity contribution in [2.24, 2.45) is 5.92 Å². The van der Waals surface area contributed by atoms with Gasteiger partial charge in [0.2, 0.25) is 0 Å². The summed E-state index contributed by atoms with van der Waals surface area (Å²) in [5.41, 5.74) is 4.47. The van der Waals surface area contributed by atoms with Gasteiger partial charge in [0.05, 0.1) is 23.5 Å². The fourth-order valence-corrected chi connectivity index (χ4v) is 5.51. The summed E-state index contributed by atoms with van der Waals surface area (Å²) in [5.74, 6) is -0.644. The SMILES string of the molecule is C[C@]12CC[C@](C)(O1)[C@@H](c1ccncc1)[C@H]2CONc1ccc(-c2ccccc2F)c(F)c1. The van der Waals surface area contributed by atoms with E-state index in [4.69, 9.17) is 9.57 Å². The Morgan fingerprint density at radius 1 is 0.969 bits per heavy atom. The van der Waals surface area contributed by atoms with Crippen molar-refractivity contribution in [1.29, 1.82) is 0 Å². The van der Waals surface area contributed by atoms with E-state index in [0.717, 1.165) is 12.8 Å². The molecule has 2 aromatic carbocycles. The van der Waals surface area contributed by atoms with Gasteiger partial charge in [-0.05, 0) is 68.7 Å². The van der Waals surface area contributed by atoms with Crippen LogP contribution in [0.1, 0.15) is 38.2 Å². The minimum Gasteiger partial charge on any atom is -0.368 e. The van der Waals surface area contributed by atoms with Crippen molar-refractivity contribution in [3.63, 3.8) is 0 Å². The summed E-state index contributed by atoms with van der Waals surface area (Å²) in [6.07, 6.45) is 5.60. The first-order valence-electron chi connectivity index (χ1n) is 10.9. The number of pyridine rings is 1. The van der Waals surface area contributed by atoms with Gasteiger partial charge < -0.3 is 4.74 Å². The van der Waals surface area contributed by atoms with Gasteiger partial charge in [-0.2, -0.15) is 0 Å². The van der Waals surface area contributed by atoms with E-state index in [1.807, 2.05) is 24.5 Å². The Balaban J connectivity index is 1.31. The maximum atomic E-state index is 14.7. The molecule has 2 aliphatic rings. The van der Waals surface area contributed by atoms with E-state index < -0.39 is 11.6 Å². The summed E-state index contributed by atoms with van der Waals surface area (Å²) >= 11 is 0. The van der Waals surface area contributed by atoms with Crippen molar-refractivity contribution in [3.05, 3.63) is 84.2 Å². The van der Waals surface area contributed by atoms with Crippen LogP contribution in [-0.2, 0) is 9.57 Å². The van der Waals surface area contributed by atoms with Gasteiger partial charge in [-0.3, -0.25) is 15.3 Å². The number of hydrogen-bond donors (Lipinski definition) is 1.